The van der Waals surface area contributed by atoms with Gasteiger partial charge in [-0.2, -0.15) is 0 Å². The molecule has 1 atom stereocenters. The van der Waals surface area contributed by atoms with Crippen molar-refractivity contribution in [2.75, 3.05) is 13.6 Å². The number of benzene rings is 1. The minimum absolute atomic E-state index is 0.360. The Balaban J connectivity index is 1.69. The number of nitrogens with zero attached hydrogens (tertiary/aromatic N) is 1. The van der Waals surface area contributed by atoms with Crippen molar-refractivity contribution in [3.63, 3.8) is 0 Å². The fraction of sp³-hybridized carbons (Fsp3) is 0.333. The van der Waals surface area contributed by atoms with Crippen molar-refractivity contribution in [2.24, 2.45) is 0 Å². The summed E-state index contributed by atoms with van der Waals surface area (Å²) in [6.45, 7) is 1.62. The van der Waals surface area contributed by atoms with Crippen LogP contribution in [0.2, 0.25) is 0 Å². The molecular weight excluding hydrogens is 256 g/mol. The molecule has 0 aliphatic rings. The molecule has 0 aliphatic heterocycles. The van der Waals surface area contributed by atoms with E-state index in [1.165, 1.54) is 5.56 Å². The maximum Gasteiger partial charge on any atom is 0.0894 e. The molecule has 1 heterocycles. The SMILES string of the molecule is CN(CC[C@H](O)c1cccs1)NCc1ccccc1. The summed E-state index contributed by atoms with van der Waals surface area (Å²) in [7, 11) is 2.00. The maximum absolute atomic E-state index is 10.00. The third-order valence-corrected chi connectivity index (χ3v) is 3.98. The van der Waals surface area contributed by atoms with Gasteiger partial charge in [0, 0.05) is 25.0 Å². The van der Waals surface area contributed by atoms with Crippen molar-refractivity contribution in [3.8, 4) is 0 Å². The molecular formula is C15H20N2OS. The number of rotatable bonds is 7. The summed E-state index contributed by atoms with van der Waals surface area (Å²) < 4.78 is 0. The Bertz CT molecular complexity index is 458. The van der Waals surface area contributed by atoms with Crippen LogP contribution in [0, 0.1) is 0 Å². The number of hydrogen-bond donors (Lipinski definition) is 2. The van der Waals surface area contributed by atoms with Crippen molar-refractivity contribution in [3.05, 3.63) is 58.3 Å². The van der Waals surface area contributed by atoms with Crippen molar-refractivity contribution >= 4 is 11.3 Å². The lowest BCUT2D eigenvalue weighted by Gasteiger charge is -2.19. The van der Waals surface area contributed by atoms with E-state index in [9.17, 15) is 5.11 Å². The van der Waals surface area contributed by atoms with Gasteiger partial charge in [-0.3, -0.25) is 5.43 Å². The zero-order chi connectivity index (χ0) is 13.5. The van der Waals surface area contributed by atoms with Crippen LogP contribution in [0.1, 0.15) is 23.0 Å². The molecule has 0 saturated carbocycles. The van der Waals surface area contributed by atoms with Gasteiger partial charge in [0.15, 0.2) is 0 Å². The van der Waals surface area contributed by atoms with E-state index in [4.69, 9.17) is 0 Å². The van der Waals surface area contributed by atoms with Crippen LogP contribution in [0.25, 0.3) is 0 Å². The van der Waals surface area contributed by atoms with Gasteiger partial charge in [-0.05, 0) is 23.4 Å². The third-order valence-electron chi connectivity index (χ3n) is 3.01. The van der Waals surface area contributed by atoms with Crippen molar-refractivity contribution in [1.82, 2.24) is 10.4 Å². The van der Waals surface area contributed by atoms with Crippen LogP contribution in [0.15, 0.2) is 47.8 Å². The van der Waals surface area contributed by atoms with E-state index in [2.05, 4.69) is 17.6 Å². The number of nitrogens with one attached hydrogen (secondary N) is 1. The first-order chi connectivity index (χ1) is 9.25. The van der Waals surface area contributed by atoms with Crippen LogP contribution in [-0.4, -0.2) is 23.7 Å². The van der Waals surface area contributed by atoms with Crippen LogP contribution >= 0.6 is 11.3 Å². The monoisotopic (exact) mass is 276 g/mol. The Hall–Kier alpha value is -1.20. The molecule has 2 rings (SSSR count). The van der Waals surface area contributed by atoms with E-state index in [-0.39, 0.29) is 6.10 Å². The van der Waals surface area contributed by atoms with Gasteiger partial charge < -0.3 is 5.11 Å². The summed E-state index contributed by atoms with van der Waals surface area (Å²) in [5.74, 6) is 0. The Kier molecular flexibility index (Phi) is 5.54. The zero-order valence-electron chi connectivity index (χ0n) is 11.1. The second kappa shape index (κ2) is 7.40. The van der Waals surface area contributed by atoms with Crippen LogP contribution in [0.3, 0.4) is 0 Å². The highest BCUT2D eigenvalue weighted by molar-refractivity contribution is 7.10. The average molecular weight is 276 g/mol. The Morgan fingerprint density at radius 3 is 2.68 bits per heavy atom. The summed E-state index contributed by atoms with van der Waals surface area (Å²) in [5.41, 5.74) is 4.58. The molecule has 0 bridgehead atoms. The second-order valence-corrected chi connectivity index (χ2v) is 5.54. The minimum atomic E-state index is -0.360. The molecule has 0 saturated heterocycles. The normalized spacial score (nSPS) is 12.8. The van der Waals surface area contributed by atoms with E-state index in [1.54, 1.807) is 11.3 Å². The molecule has 0 amide bonds. The van der Waals surface area contributed by atoms with Gasteiger partial charge in [0.25, 0.3) is 0 Å². The maximum atomic E-state index is 10.00. The third kappa shape index (κ3) is 4.76. The summed E-state index contributed by atoms with van der Waals surface area (Å²) in [4.78, 5) is 1.04. The first-order valence-electron chi connectivity index (χ1n) is 6.46. The molecule has 1 aromatic carbocycles. The van der Waals surface area contributed by atoms with E-state index >= 15 is 0 Å². The molecule has 0 radical (unpaired) electrons. The van der Waals surface area contributed by atoms with Gasteiger partial charge >= 0.3 is 0 Å². The number of aliphatic hydroxyl groups is 1. The molecule has 102 valence electrons. The zero-order valence-corrected chi connectivity index (χ0v) is 11.9. The topological polar surface area (TPSA) is 35.5 Å². The van der Waals surface area contributed by atoms with Gasteiger partial charge in [-0.1, -0.05) is 36.4 Å². The largest absolute Gasteiger partial charge is 0.388 e. The standard InChI is InChI=1S/C15H20N2OS/c1-17(16-12-13-6-3-2-4-7-13)10-9-14(18)15-8-5-11-19-15/h2-8,11,14,16,18H,9-10,12H2,1H3/t14-/m0/s1. The molecule has 0 aliphatic carbocycles. The van der Waals surface area contributed by atoms with Crippen LogP contribution in [0.4, 0.5) is 0 Å². The first-order valence-corrected chi connectivity index (χ1v) is 7.33. The van der Waals surface area contributed by atoms with Crippen molar-refractivity contribution in [1.29, 1.82) is 0 Å². The quantitative estimate of drug-likeness (QED) is 0.763. The van der Waals surface area contributed by atoms with Gasteiger partial charge in [-0.25, -0.2) is 5.01 Å². The molecule has 2 N–H and O–H groups in total. The lowest BCUT2D eigenvalue weighted by molar-refractivity contribution is 0.135. The second-order valence-electron chi connectivity index (χ2n) is 4.56. The smallest absolute Gasteiger partial charge is 0.0894 e. The van der Waals surface area contributed by atoms with Crippen LogP contribution < -0.4 is 5.43 Å². The molecule has 0 fully saturated rings. The first kappa shape index (κ1) is 14.2. The van der Waals surface area contributed by atoms with Crippen LogP contribution in [0.5, 0.6) is 0 Å². The Labute approximate surface area is 118 Å². The summed E-state index contributed by atoms with van der Waals surface area (Å²) in [6, 6.07) is 14.2. The lowest BCUT2D eigenvalue weighted by Crippen LogP contribution is -2.35. The molecule has 4 heteroatoms. The summed E-state index contributed by atoms with van der Waals surface area (Å²) in [5, 5.41) is 14.0. The lowest BCUT2D eigenvalue weighted by atomic mass is 10.2. The van der Waals surface area contributed by atoms with Gasteiger partial charge in [0.05, 0.1) is 6.10 Å². The van der Waals surface area contributed by atoms with E-state index in [1.807, 2.05) is 47.8 Å². The highest BCUT2D eigenvalue weighted by Gasteiger charge is 2.09. The molecule has 2 aromatic rings. The Morgan fingerprint density at radius 1 is 1.21 bits per heavy atom. The predicted octanol–water partition coefficient (Wildman–Crippen LogP) is 2.81. The van der Waals surface area contributed by atoms with E-state index in [0.717, 1.165) is 24.4 Å². The molecule has 0 unspecified atom stereocenters. The molecule has 0 spiro atoms. The van der Waals surface area contributed by atoms with E-state index < -0.39 is 0 Å². The summed E-state index contributed by atoms with van der Waals surface area (Å²) in [6.07, 6.45) is 0.375. The molecule has 3 nitrogen and oxygen atoms in total. The minimum Gasteiger partial charge on any atom is -0.388 e. The molecule has 19 heavy (non-hydrogen) atoms. The number of thiophene rings is 1. The average Bonchev–Trinajstić information content (AvgIpc) is 2.98. The summed E-state index contributed by atoms with van der Waals surface area (Å²) >= 11 is 1.60. The van der Waals surface area contributed by atoms with Gasteiger partial charge in [-0.15, -0.1) is 11.3 Å². The van der Waals surface area contributed by atoms with E-state index in [0.29, 0.717) is 0 Å². The number of aliphatic hydroxyl groups excluding tert-OH is 1. The fourth-order valence-electron chi connectivity index (χ4n) is 1.84. The van der Waals surface area contributed by atoms with Crippen molar-refractivity contribution in [2.45, 2.75) is 19.1 Å². The number of hydrazine groups is 1. The van der Waals surface area contributed by atoms with Crippen LogP contribution in [-0.2, 0) is 6.54 Å². The highest BCUT2D eigenvalue weighted by atomic mass is 32.1. The predicted molar refractivity (Wildman–Crippen MR) is 79.8 cm³/mol. The van der Waals surface area contributed by atoms with Crippen molar-refractivity contribution < 1.29 is 5.11 Å². The van der Waals surface area contributed by atoms with Gasteiger partial charge in [0.2, 0.25) is 0 Å². The Morgan fingerprint density at radius 2 is 2.00 bits per heavy atom. The van der Waals surface area contributed by atoms with Gasteiger partial charge in [0.1, 0.15) is 0 Å². The number of hydrogen-bond acceptors (Lipinski definition) is 4. The molecule has 1 aromatic heterocycles. The fourth-order valence-corrected chi connectivity index (χ4v) is 2.59. The highest BCUT2D eigenvalue weighted by Crippen LogP contribution is 2.21.